The van der Waals surface area contributed by atoms with Crippen molar-refractivity contribution in [1.29, 1.82) is 0 Å². The number of aliphatic hydroxyl groups is 1. The zero-order chi connectivity index (χ0) is 27.4. The average Bonchev–Trinajstić information content (AvgIpc) is 3.16. The minimum atomic E-state index is -0.846. The Balaban J connectivity index is 1.75. The Morgan fingerprint density at radius 3 is 2.50 bits per heavy atom. The summed E-state index contributed by atoms with van der Waals surface area (Å²) in [5, 5.41) is 21.6. The molecule has 2 aliphatic rings. The van der Waals surface area contributed by atoms with E-state index in [4.69, 9.17) is 14.2 Å². The van der Waals surface area contributed by atoms with Crippen molar-refractivity contribution in [3.05, 3.63) is 58.7 Å². The lowest BCUT2D eigenvalue weighted by molar-refractivity contribution is -0.140. The summed E-state index contributed by atoms with van der Waals surface area (Å²) in [4.78, 5) is 30.4. The summed E-state index contributed by atoms with van der Waals surface area (Å²) in [6, 6.07) is 9.11. The van der Waals surface area contributed by atoms with Gasteiger partial charge in [0.1, 0.15) is 11.5 Å². The van der Waals surface area contributed by atoms with Gasteiger partial charge < -0.3 is 29.3 Å². The number of carbonyl (C=O) groups excluding carboxylic acids is 2. The smallest absolute Gasteiger partial charge is 0.295 e. The second kappa shape index (κ2) is 11.9. The molecule has 1 amide bonds. The Labute approximate surface area is 223 Å². The highest BCUT2D eigenvalue weighted by atomic mass is 16.5. The summed E-state index contributed by atoms with van der Waals surface area (Å²) in [6.07, 6.45) is 0. The third-order valence-corrected chi connectivity index (χ3v) is 6.86. The standard InChI is InChI=1S/C29H36N2O7/c1-18(2)17-38-21-6-7-22(19(3)15-21)27(33)25-26(20-5-8-23(32)24(16-20)36-4)31(29(35)28(25)34)10-9-30-11-13-37-14-12-30/h5-8,15-16,18,26,32-33H,9-14,17H2,1-4H3/b27-25+. The molecule has 0 bridgehead atoms. The van der Waals surface area contributed by atoms with Crippen LogP contribution in [-0.4, -0.2) is 84.8 Å². The number of ketones is 1. The number of nitrogens with zero attached hydrogens (tertiary/aromatic N) is 2. The van der Waals surface area contributed by atoms with Gasteiger partial charge in [0.25, 0.3) is 11.7 Å². The molecule has 0 aliphatic carbocycles. The normalized spacial score (nSPS) is 19.8. The number of hydrogen-bond donors (Lipinski definition) is 2. The fourth-order valence-electron chi connectivity index (χ4n) is 4.80. The van der Waals surface area contributed by atoms with Gasteiger partial charge in [-0.3, -0.25) is 14.5 Å². The number of likely N-dealkylation sites (tertiary alicyclic amines) is 1. The van der Waals surface area contributed by atoms with Crippen molar-refractivity contribution in [3.8, 4) is 17.2 Å². The van der Waals surface area contributed by atoms with Gasteiger partial charge in [0.15, 0.2) is 11.5 Å². The predicted molar refractivity (Wildman–Crippen MR) is 142 cm³/mol. The van der Waals surface area contributed by atoms with E-state index < -0.39 is 17.7 Å². The molecule has 1 unspecified atom stereocenters. The maximum absolute atomic E-state index is 13.4. The first-order chi connectivity index (χ1) is 18.2. The lowest BCUT2D eigenvalue weighted by Crippen LogP contribution is -2.42. The van der Waals surface area contributed by atoms with E-state index in [-0.39, 0.29) is 29.4 Å². The number of benzene rings is 2. The molecule has 2 N–H and O–H groups in total. The molecular formula is C29H36N2O7. The molecule has 2 aromatic rings. The number of morpholine rings is 1. The van der Waals surface area contributed by atoms with Crippen molar-refractivity contribution < 1.29 is 34.0 Å². The number of aliphatic hydroxyl groups excluding tert-OH is 1. The van der Waals surface area contributed by atoms with Crippen molar-refractivity contribution >= 4 is 17.4 Å². The molecular weight excluding hydrogens is 488 g/mol. The van der Waals surface area contributed by atoms with Gasteiger partial charge in [-0.1, -0.05) is 19.9 Å². The van der Waals surface area contributed by atoms with Crippen LogP contribution in [0.1, 0.15) is 36.6 Å². The van der Waals surface area contributed by atoms with Crippen molar-refractivity contribution in [3.63, 3.8) is 0 Å². The fourth-order valence-corrected chi connectivity index (χ4v) is 4.80. The molecule has 0 saturated carbocycles. The highest BCUT2D eigenvalue weighted by Crippen LogP contribution is 2.42. The highest BCUT2D eigenvalue weighted by molar-refractivity contribution is 6.46. The first-order valence-electron chi connectivity index (χ1n) is 12.9. The van der Waals surface area contributed by atoms with Crippen LogP contribution in [0, 0.1) is 12.8 Å². The van der Waals surface area contributed by atoms with Gasteiger partial charge in [0.2, 0.25) is 0 Å². The first-order valence-corrected chi connectivity index (χ1v) is 12.9. The number of hydrogen-bond acceptors (Lipinski definition) is 8. The molecule has 2 aromatic carbocycles. The van der Waals surface area contributed by atoms with Gasteiger partial charge in [-0.2, -0.15) is 0 Å². The van der Waals surface area contributed by atoms with Crippen molar-refractivity contribution in [2.24, 2.45) is 5.92 Å². The van der Waals surface area contributed by atoms with Crippen molar-refractivity contribution in [2.75, 3.05) is 53.1 Å². The average molecular weight is 525 g/mol. The summed E-state index contributed by atoms with van der Waals surface area (Å²) in [6.45, 7) is 10.1. The van der Waals surface area contributed by atoms with Gasteiger partial charge in [0.05, 0.1) is 38.5 Å². The molecule has 2 aliphatic heterocycles. The molecule has 204 valence electrons. The van der Waals surface area contributed by atoms with Crippen molar-refractivity contribution in [2.45, 2.75) is 26.8 Å². The second-order valence-electron chi connectivity index (χ2n) is 10.1. The summed E-state index contributed by atoms with van der Waals surface area (Å²) in [7, 11) is 1.43. The van der Waals surface area contributed by atoms with Gasteiger partial charge in [-0.25, -0.2) is 0 Å². The molecule has 1 atom stereocenters. The van der Waals surface area contributed by atoms with Crippen LogP contribution in [-0.2, 0) is 14.3 Å². The molecule has 2 heterocycles. The molecule has 4 rings (SSSR count). The van der Waals surface area contributed by atoms with Crippen LogP contribution in [0.2, 0.25) is 0 Å². The van der Waals surface area contributed by atoms with E-state index in [1.807, 2.05) is 13.0 Å². The van der Waals surface area contributed by atoms with E-state index in [0.29, 0.717) is 54.7 Å². The number of phenols is 1. The van der Waals surface area contributed by atoms with Gasteiger partial charge >= 0.3 is 0 Å². The zero-order valence-corrected chi connectivity index (χ0v) is 22.4. The monoisotopic (exact) mass is 524 g/mol. The van der Waals surface area contributed by atoms with Crippen LogP contribution in [0.3, 0.4) is 0 Å². The Bertz CT molecular complexity index is 1220. The van der Waals surface area contributed by atoms with Crippen LogP contribution in [0.5, 0.6) is 17.2 Å². The number of phenolic OH excluding ortho intramolecular Hbond substituents is 1. The summed E-state index contributed by atoms with van der Waals surface area (Å²) < 4.78 is 16.5. The zero-order valence-electron chi connectivity index (χ0n) is 22.4. The van der Waals surface area contributed by atoms with E-state index in [9.17, 15) is 19.8 Å². The number of carbonyl (C=O) groups is 2. The molecule has 0 radical (unpaired) electrons. The second-order valence-corrected chi connectivity index (χ2v) is 10.1. The van der Waals surface area contributed by atoms with Crippen molar-refractivity contribution in [1.82, 2.24) is 9.80 Å². The number of aryl methyl sites for hydroxylation is 1. The molecule has 38 heavy (non-hydrogen) atoms. The third-order valence-electron chi connectivity index (χ3n) is 6.86. The number of ether oxygens (including phenoxy) is 3. The molecule has 0 spiro atoms. The Hall–Kier alpha value is -3.56. The molecule has 9 nitrogen and oxygen atoms in total. The van der Waals surface area contributed by atoms with Gasteiger partial charge in [-0.15, -0.1) is 0 Å². The number of rotatable bonds is 9. The summed E-state index contributed by atoms with van der Waals surface area (Å²) >= 11 is 0. The first kappa shape index (κ1) is 27.5. The largest absolute Gasteiger partial charge is 0.507 e. The quantitative estimate of drug-likeness (QED) is 0.292. The van der Waals surface area contributed by atoms with Crippen LogP contribution < -0.4 is 9.47 Å². The number of methoxy groups -OCH3 is 1. The van der Waals surface area contributed by atoms with Crippen LogP contribution in [0.25, 0.3) is 5.76 Å². The molecule has 0 aromatic heterocycles. The Morgan fingerprint density at radius 1 is 1.11 bits per heavy atom. The van der Waals surface area contributed by atoms with Crippen LogP contribution >= 0.6 is 0 Å². The van der Waals surface area contributed by atoms with Crippen LogP contribution in [0.15, 0.2) is 42.0 Å². The minimum absolute atomic E-state index is 0.00340. The fraction of sp³-hybridized carbons (Fsp3) is 0.448. The number of aromatic hydroxyl groups is 1. The minimum Gasteiger partial charge on any atom is -0.507 e. The van der Waals surface area contributed by atoms with E-state index in [0.717, 1.165) is 13.1 Å². The number of Topliss-reactive ketones (excluding diaryl/α,β-unsaturated/α-hetero) is 1. The Morgan fingerprint density at radius 2 is 1.84 bits per heavy atom. The summed E-state index contributed by atoms with van der Waals surface area (Å²) in [5.74, 6) is -0.495. The molecule has 2 saturated heterocycles. The predicted octanol–water partition coefficient (Wildman–Crippen LogP) is 3.50. The lowest BCUT2D eigenvalue weighted by atomic mass is 9.93. The van der Waals surface area contributed by atoms with Gasteiger partial charge in [0, 0.05) is 31.7 Å². The maximum atomic E-state index is 13.4. The van der Waals surface area contributed by atoms with E-state index in [1.54, 1.807) is 24.3 Å². The van der Waals surface area contributed by atoms with Gasteiger partial charge in [-0.05, 0) is 54.3 Å². The van der Waals surface area contributed by atoms with E-state index in [1.165, 1.54) is 18.1 Å². The third kappa shape index (κ3) is 5.79. The topological polar surface area (TPSA) is 109 Å². The lowest BCUT2D eigenvalue weighted by Gasteiger charge is -2.31. The number of amides is 1. The van der Waals surface area contributed by atoms with E-state index >= 15 is 0 Å². The highest BCUT2D eigenvalue weighted by Gasteiger charge is 2.46. The molecule has 2 fully saturated rings. The van der Waals surface area contributed by atoms with Crippen LogP contribution in [0.4, 0.5) is 0 Å². The SMILES string of the molecule is COc1cc(C2/C(=C(\O)c3ccc(OCC(C)C)cc3C)C(=O)C(=O)N2CCN2CCOCC2)ccc1O. The Kier molecular flexibility index (Phi) is 8.58. The van der Waals surface area contributed by atoms with E-state index in [2.05, 4.69) is 18.7 Å². The maximum Gasteiger partial charge on any atom is 0.295 e. The molecule has 9 heteroatoms. The summed E-state index contributed by atoms with van der Waals surface area (Å²) in [5.41, 5.74) is 1.72.